The number of carbonyl (C=O) groups excluding carboxylic acids is 1. The highest BCUT2D eigenvalue weighted by Gasteiger charge is 2.25. The van der Waals surface area contributed by atoms with Crippen LogP contribution in [-0.2, 0) is 4.74 Å². The van der Waals surface area contributed by atoms with Crippen molar-refractivity contribution < 1.29 is 9.53 Å². The second-order valence-electron chi connectivity index (χ2n) is 3.65. The minimum Gasteiger partial charge on any atom is -0.377 e. The molecular formula is C10H13BrN2O2. The van der Waals surface area contributed by atoms with Gasteiger partial charge in [0.05, 0.1) is 19.3 Å². The number of H-pyrrole nitrogens is 1. The monoisotopic (exact) mass is 272 g/mol. The van der Waals surface area contributed by atoms with Crippen molar-refractivity contribution in [2.45, 2.75) is 13.0 Å². The molecule has 0 radical (unpaired) electrons. The molecule has 15 heavy (non-hydrogen) atoms. The van der Waals surface area contributed by atoms with Gasteiger partial charge in [-0.1, -0.05) is 0 Å². The summed E-state index contributed by atoms with van der Waals surface area (Å²) in [5.74, 6) is 0.0384. The number of nitrogens with one attached hydrogen (secondary N) is 1. The first-order chi connectivity index (χ1) is 7.18. The number of aromatic amines is 1. The second kappa shape index (κ2) is 4.37. The molecule has 1 fully saturated rings. The fourth-order valence-corrected chi connectivity index (χ4v) is 2.02. The predicted molar refractivity (Wildman–Crippen MR) is 59.8 cm³/mol. The molecule has 82 valence electrons. The minimum atomic E-state index is 0.0384. The Morgan fingerprint density at radius 1 is 1.73 bits per heavy atom. The maximum absolute atomic E-state index is 12.0. The largest absolute Gasteiger partial charge is 0.377 e. The first-order valence-electron chi connectivity index (χ1n) is 4.91. The van der Waals surface area contributed by atoms with Gasteiger partial charge in [0.15, 0.2) is 0 Å². The number of hydrogen-bond donors (Lipinski definition) is 1. The maximum Gasteiger partial charge on any atom is 0.270 e. The number of ether oxygens (including phenoxy) is 1. The Balaban J connectivity index is 2.13. The van der Waals surface area contributed by atoms with Gasteiger partial charge in [-0.05, 0) is 28.9 Å². The Bertz CT molecular complexity index is 364. The van der Waals surface area contributed by atoms with Gasteiger partial charge in [0, 0.05) is 17.2 Å². The fraction of sp³-hybridized carbons (Fsp3) is 0.500. The van der Waals surface area contributed by atoms with Crippen LogP contribution in [0.3, 0.4) is 0 Å². The third-order valence-electron chi connectivity index (χ3n) is 2.51. The van der Waals surface area contributed by atoms with E-state index in [1.165, 1.54) is 0 Å². The summed E-state index contributed by atoms with van der Waals surface area (Å²) in [4.78, 5) is 16.8. The van der Waals surface area contributed by atoms with Crippen LogP contribution in [0.2, 0.25) is 0 Å². The number of hydrogen-bond acceptors (Lipinski definition) is 2. The van der Waals surface area contributed by atoms with Crippen molar-refractivity contribution in [1.29, 1.82) is 0 Å². The lowest BCUT2D eigenvalue weighted by Gasteiger charge is -2.32. The zero-order valence-corrected chi connectivity index (χ0v) is 10.1. The molecule has 2 rings (SSSR count). The standard InChI is InChI=1S/C10H13BrN2O2/c1-7-6-15-3-2-13(7)10(14)9-4-8(11)5-12-9/h4-5,7,12H,2-3,6H2,1H3. The van der Waals surface area contributed by atoms with Crippen molar-refractivity contribution in [2.75, 3.05) is 19.8 Å². The van der Waals surface area contributed by atoms with Gasteiger partial charge in [0.1, 0.15) is 5.69 Å². The van der Waals surface area contributed by atoms with Gasteiger partial charge in [-0.25, -0.2) is 0 Å². The number of aromatic nitrogens is 1. The Labute approximate surface area is 96.7 Å². The summed E-state index contributed by atoms with van der Waals surface area (Å²) in [5, 5.41) is 0. The molecule has 0 aliphatic carbocycles. The van der Waals surface area contributed by atoms with Crippen LogP contribution >= 0.6 is 15.9 Å². The highest BCUT2D eigenvalue weighted by atomic mass is 79.9. The summed E-state index contributed by atoms with van der Waals surface area (Å²) in [6.45, 7) is 3.90. The molecule has 1 amide bonds. The van der Waals surface area contributed by atoms with Crippen molar-refractivity contribution in [2.24, 2.45) is 0 Å². The Hall–Kier alpha value is -0.810. The lowest BCUT2D eigenvalue weighted by molar-refractivity contribution is 0.00331. The van der Waals surface area contributed by atoms with E-state index in [1.807, 2.05) is 11.8 Å². The highest BCUT2D eigenvalue weighted by Crippen LogP contribution is 2.15. The van der Waals surface area contributed by atoms with E-state index in [0.717, 1.165) is 4.47 Å². The number of rotatable bonds is 1. The van der Waals surface area contributed by atoms with Crippen LogP contribution in [0.4, 0.5) is 0 Å². The number of nitrogens with zero attached hydrogens (tertiary/aromatic N) is 1. The molecule has 0 aromatic carbocycles. The van der Waals surface area contributed by atoms with E-state index in [2.05, 4.69) is 20.9 Å². The third-order valence-corrected chi connectivity index (χ3v) is 2.96. The van der Waals surface area contributed by atoms with Gasteiger partial charge in [-0.3, -0.25) is 4.79 Å². The third kappa shape index (κ3) is 2.23. The van der Waals surface area contributed by atoms with Crippen molar-refractivity contribution in [3.05, 3.63) is 22.4 Å². The summed E-state index contributed by atoms with van der Waals surface area (Å²) >= 11 is 3.31. The number of morpholine rings is 1. The summed E-state index contributed by atoms with van der Waals surface area (Å²) in [6.07, 6.45) is 1.76. The second-order valence-corrected chi connectivity index (χ2v) is 4.57. The SMILES string of the molecule is CC1COCCN1C(=O)c1cc(Br)c[nH]1. The summed E-state index contributed by atoms with van der Waals surface area (Å²) in [5.41, 5.74) is 0.621. The van der Waals surface area contributed by atoms with Gasteiger partial charge < -0.3 is 14.6 Å². The van der Waals surface area contributed by atoms with Crippen LogP contribution in [0, 0.1) is 0 Å². The molecule has 2 heterocycles. The molecule has 1 aliphatic heterocycles. The van der Waals surface area contributed by atoms with Crippen molar-refractivity contribution in [1.82, 2.24) is 9.88 Å². The van der Waals surface area contributed by atoms with Crippen LogP contribution < -0.4 is 0 Å². The average Bonchev–Trinajstić information content (AvgIpc) is 2.65. The molecule has 1 atom stereocenters. The summed E-state index contributed by atoms with van der Waals surface area (Å²) in [6, 6.07) is 1.94. The Kier molecular flexibility index (Phi) is 3.11. The quantitative estimate of drug-likeness (QED) is 0.845. The minimum absolute atomic E-state index is 0.0384. The van der Waals surface area contributed by atoms with Gasteiger partial charge in [-0.2, -0.15) is 0 Å². The summed E-state index contributed by atoms with van der Waals surface area (Å²) in [7, 11) is 0. The molecule has 1 saturated heterocycles. The Morgan fingerprint density at radius 2 is 2.53 bits per heavy atom. The number of halogens is 1. The number of amides is 1. The normalized spacial score (nSPS) is 21.7. The molecule has 0 bridgehead atoms. The van der Waals surface area contributed by atoms with Crippen molar-refractivity contribution in [3.63, 3.8) is 0 Å². The van der Waals surface area contributed by atoms with Crippen molar-refractivity contribution >= 4 is 21.8 Å². The highest BCUT2D eigenvalue weighted by molar-refractivity contribution is 9.10. The molecule has 1 N–H and O–H groups in total. The van der Waals surface area contributed by atoms with Crippen LogP contribution in [0.5, 0.6) is 0 Å². The fourth-order valence-electron chi connectivity index (χ4n) is 1.67. The topological polar surface area (TPSA) is 45.3 Å². The first kappa shape index (κ1) is 10.7. The van der Waals surface area contributed by atoms with E-state index < -0.39 is 0 Å². The zero-order chi connectivity index (χ0) is 10.8. The molecule has 1 aromatic rings. The predicted octanol–water partition coefficient (Wildman–Crippen LogP) is 1.64. The van der Waals surface area contributed by atoms with E-state index >= 15 is 0 Å². The van der Waals surface area contributed by atoms with Gasteiger partial charge in [0.25, 0.3) is 5.91 Å². The molecule has 0 spiro atoms. The van der Waals surface area contributed by atoms with Crippen LogP contribution in [0.1, 0.15) is 17.4 Å². The van der Waals surface area contributed by atoms with Crippen LogP contribution in [0.15, 0.2) is 16.7 Å². The average molecular weight is 273 g/mol. The van der Waals surface area contributed by atoms with E-state index in [4.69, 9.17) is 4.74 Å². The van der Waals surface area contributed by atoms with Crippen LogP contribution in [-0.4, -0.2) is 41.6 Å². The maximum atomic E-state index is 12.0. The van der Waals surface area contributed by atoms with Gasteiger partial charge in [-0.15, -0.1) is 0 Å². The van der Waals surface area contributed by atoms with E-state index in [0.29, 0.717) is 25.5 Å². The smallest absolute Gasteiger partial charge is 0.270 e. The molecular weight excluding hydrogens is 260 g/mol. The zero-order valence-electron chi connectivity index (χ0n) is 8.50. The lowest BCUT2D eigenvalue weighted by atomic mass is 10.2. The molecule has 1 unspecified atom stereocenters. The molecule has 1 aliphatic rings. The summed E-state index contributed by atoms with van der Waals surface area (Å²) < 4.78 is 6.19. The van der Waals surface area contributed by atoms with Gasteiger partial charge >= 0.3 is 0 Å². The van der Waals surface area contributed by atoms with E-state index in [-0.39, 0.29) is 11.9 Å². The Morgan fingerprint density at radius 3 is 3.13 bits per heavy atom. The lowest BCUT2D eigenvalue weighted by Crippen LogP contribution is -2.47. The van der Waals surface area contributed by atoms with E-state index in [9.17, 15) is 4.79 Å². The number of carbonyl (C=O) groups is 1. The molecule has 1 aromatic heterocycles. The first-order valence-corrected chi connectivity index (χ1v) is 5.70. The van der Waals surface area contributed by atoms with Crippen LogP contribution in [0.25, 0.3) is 0 Å². The molecule has 4 nitrogen and oxygen atoms in total. The van der Waals surface area contributed by atoms with E-state index in [1.54, 1.807) is 12.3 Å². The van der Waals surface area contributed by atoms with Crippen molar-refractivity contribution in [3.8, 4) is 0 Å². The molecule has 5 heteroatoms. The molecule has 0 saturated carbocycles. The van der Waals surface area contributed by atoms with Gasteiger partial charge in [0.2, 0.25) is 0 Å².